The number of fused-ring (bicyclic) bond motifs is 3. The van der Waals surface area contributed by atoms with E-state index in [1.165, 1.54) is 36.8 Å². The number of imidazole rings is 1. The number of nitrogens with zero attached hydrogens (tertiary/aromatic N) is 2. The highest BCUT2D eigenvalue weighted by Gasteiger charge is 2.42. The highest BCUT2D eigenvalue weighted by atomic mass is 16.2. The van der Waals surface area contributed by atoms with E-state index >= 15 is 0 Å². The van der Waals surface area contributed by atoms with Crippen LogP contribution < -0.4 is 5.32 Å². The topological polar surface area (TPSA) is 46.9 Å². The number of rotatable bonds is 4. The van der Waals surface area contributed by atoms with Crippen molar-refractivity contribution in [1.82, 2.24) is 14.9 Å². The number of hydrogen-bond donors (Lipinski definition) is 1. The van der Waals surface area contributed by atoms with Gasteiger partial charge in [-0.2, -0.15) is 0 Å². The Morgan fingerprint density at radius 2 is 2.08 bits per heavy atom. The number of amides is 1. The molecule has 4 atom stereocenters. The molecule has 2 aliphatic rings. The molecule has 4 nitrogen and oxygen atoms in total. The van der Waals surface area contributed by atoms with E-state index in [0.717, 1.165) is 22.9 Å². The Morgan fingerprint density at radius 1 is 1.29 bits per heavy atom. The zero-order valence-corrected chi connectivity index (χ0v) is 14.9. The molecule has 2 bridgehead atoms. The summed E-state index contributed by atoms with van der Waals surface area (Å²) >= 11 is 0. The first-order chi connectivity index (χ1) is 11.5. The van der Waals surface area contributed by atoms with Gasteiger partial charge in [0.15, 0.2) is 0 Å². The van der Waals surface area contributed by atoms with Gasteiger partial charge in [-0.25, -0.2) is 4.98 Å². The SMILES string of the molecule is Cc1cc2ncn(CC(=O)N[C@@H](C)[C@H]3C[C@@H]4CC[C@@H]3C4)c2cc1C. The summed E-state index contributed by atoms with van der Waals surface area (Å²) in [5.41, 5.74) is 4.48. The molecule has 2 fully saturated rings. The van der Waals surface area contributed by atoms with Crippen molar-refractivity contribution in [2.45, 2.75) is 59.0 Å². The van der Waals surface area contributed by atoms with Gasteiger partial charge in [-0.05, 0) is 81.0 Å². The van der Waals surface area contributed by atoms with Crippen molar-refractivity contribution >= 4 is 16.9 Å². The van der Waals surface area contributed by atoms with Gasteiger partial charge in [0.25, 0.3) is 0 Å². The van der Waals surface area contributed by atoms with Crippen LogP contribution in [0.5, 0.6) is 0 Å². The van der Waals surface area contributed by atoms with Crippen LogP contribution in [0.25, 0.3) is 11.0 Å². The standard InChI is InChI=1S/C20H27N3O/c1-12-6-18-19(7-13(12)2)23(11-21-18)10-20(24)22-14(3)17-9-15-4-5-16(17)8-15/h6-7,11,14-17H,4-5,8-10H2,1-3H3,(H,22,24)/t14-,15+,16+,17+/m0/s1. The minimum absolute atomic E-state index is 0.0998. The lowest BCUT2D eigenvalue weighted by Gasteiger charge is -2.28. The van der Waals surface area contributed by atoms with Crippen molar-refractivity contribution in [2.75, 3.05) is 0 Å². The molecule has 2 saturated carbocycles. The van der Waals surface area contributed by atoms with Crippen LogP contribution in [0.1, 0.15) is 43.7 Å². The molecule has 0 saturated heterocycles. The van der Waals surface area contributed by atoms with Gasteiger partial charge in [0, 0.05) is 6.04 Å². The van der Waals surface area contributed by atoms with Gasteiger partial charge >= 0.3 is 0 Å². The van der Waals surface area contributed by atoms with Gasteiger partial charge in [0.1, 0.15) is 6.54 Å². The smallest absolute Gasteiger partial charge is 0.240 e. The van der Waals surface area contributed by atoms with E-state index in [0.29, 0.717) is 12.5 Å². The molecule has 24 heavy (non-hydrogen) atoms. The molecule has 4 rings (SSSR count). The zero-order valence-electron chi connectivity index (χ0n) is 14.9. The molecule has 2 aromatic rings. The highest BCUT2D eigenvalue weighted by Crippen LogP contribution is 2.49. The third-order valence-electron chi connectivity index (χ3n) is 6.37. The zero-order chi connectivity index (χ0) is 16.8. The molecule has 128 valence electrons. The molecule has 1 N–H and O–H groups in total. The van der Waals surface area contributed by atoms with E-state index in [-0.39, 0.29) is 11.9 Å². The molecule has 4 heteroatoms. The first-order valence-corrected chi connectivity index (χ1v) is 9.22. The van der Waals surface area contributed by atoms with Crippen molar-refractivity contribution in [3.05, 3.63) is 29.6 Å². The number of hydrogen-bond acceptors (Lipinski definition) is 2. The number of benzene rings is 1. The summed E-state index contributed by atoms with van der Waals surface area (Å²) in [7, 11) is 0. The lowest BCUT2D eigenvalue weighted by atomic mass is 9.84. The van der Waals surface area contributed by atoms with Crippen LogP contribution in [0.15, 0.2) is 18.5 Å². The predicted molar refractivity (Wildman–Crippen MR) is 95.7 cm³/mol. The maximum Gasteiger partial charge on any atom is 0.240 e. The Hall–Kier alpha value is -1.84. The Bertz CT molecular complexity index is 779. The van der Waals surface area contributed by atoms with E-state index in [4.69, 9.17) is 0 Å². The van der Waals surface area contributed by atoms with E-state index in [2.05, 4.69) is 43.2 Å². The van der Waals surface area contributed by atoms with Crippen molar-refractivity contribution < 1.29 is 4.79 Å². The molecule has 0 spiro atoms. The molecule has 0 unspecified atom stereocenters. The maximum atomic E-state index is 12.5. The normalized spacial score (nSPS) is 26.9. The molecule has 0 radical (unpaired) electrons. The summed E-state index contributed by atoms with van der Waals surface area (Å²) in [6.07, 6.45) is 7.24. The molecular formula is C20H27N3O. The van der Waals surface area contributed by atoms with Gasteiger partial charge < -0.3 is 9.88 Å². The van der Waals surface area contributed by atoms with Crippen molar-refractivity contribution in [3.8, 4) is 0 Å². The molecule has 0 aliphatic heterocycles. The van der Waals surface area contributed by atoms with Crippen LogP contribution >= 0.6 is 0 Å². The first kappa shape index (κ1) is 15.7. The highest BCUT2D eigenvalue weighted by molar-refractivity contribution is 5.81. The van der Waals surface area contributed by atoms with Gasteiger partial charge in [0.2, 0.25) is 5.91 Å². The van der Waals surface area contributed by atoms with E-state index < -0.39 is 0 Å². The Kier molecular flexibility index (Phi) is 3.86. The second-order valence-corrected chi connectivity index (χ2v) is 7.99. The first-order valence-electron chi connectivity index (χ1n) is 9.22. The maximum absolute atomic E-state index is 12.5. The summed E-state index contributed by atoms with van der Waals surface area (Å²) in [6, 6.07) is 4.51. The molecule has 1 heterocycles. The summed E-state index contributed by atoms with van der Waals surface area (Å²) < 4.78 is 1.96. The number of aromatic nitrogens is 2. The molecular weight excluding hydrogens is 298 g/mol. The number of carbonyl (C=O) groups excluding carboxylic acids is 1. The minimum Gasteiger partial charge on any atom is -0.352 e. The van der Waals surface area contributed by atoms with Gasteiger partial charge in [-0.1, -0.05) is 6.42 Å². The average Bonchev–Trinajstić information content (AvgIpc) is 3.25. The molecule has 2 aliphatic carbocycles. The summed E-state index contributed by atoms with van der Waals surface area (Å²) in [5, 5.41) is 3.25. The Morgan fingerprint density at radius 3 is 2.79 bits per heavy atom. The van der Waals surface area contributed by atoms with Crippen LogP contribution in [0, 0.1) is 31.6 Å². The fraction of sp³-hybridized carbons (Fsp3) is 0.600. The minimum atomic E-state index is 0.0998. The van der Waals surface area contributed by atoms with Crippen LogP contribution in [0.3, 0.4) is 0 Å². The van der Waals surface area contributed by atoms with E-state index in [1.54, 1.807) is 6.33 Å². The Labute approximate surface area is 143 Å². The fourth-order valence-corrected chi connectivity index (χ4v) is 4.91. The second-order valence-electron chi connectivity index (χ2n) is 7.99. The van der Waals surface area contributed by atoms with E-state index in [9.17, 15) is 4.79 Å². The van der Waals surface area contributed by atoms with Crippen molar-refractivity contribution in [1.29, 1.82) is 0 Å². The second kappa shape index (κ2) is 5.91. The van der Waals surface area contributed by atoms with Crippen LogP contribution in [-0.2, 0) is 11.3 Å². The lowest BCUT2D eigenvalue weighted by molar-refractivity contribution is -0.122. The third kappa shape index (κ3) is 2.72. The fourth-order valence-electron chi connectivity index (χ4n) is 4.91. The number of carbonyl (C=O) groups is 1. The summed E-state index contributed by atoms with van der Waals surface area (Å²) in [6.45, 7) is 6.73. The van der Waals surface area contributed by atoms with Crippen molar-refractivity contribution in [3.63, 3.8) is 0 Å². The average molecular weight is 325 g/mol. The molecule has 1 aromatic carbocycles. The quantitative estimate of drug-likeness (QED) is 0.934. The van der Waals surface area contributed by atoms with Gasteiger partial charge in [0.05, 0.1) is 17.4 Å². The van der Waals surface area contributed by atoms with Crippen LogP contribution in [0.4, 0.5) is 0 Å². The third-order valence-corrected chi connectivity index (χ3v) is 6.37. The lowest BCUT2D eigenvalue weighted by Crippen LogP contribution is -2.41. The Balaban J connectivity index is 1.43. The summed E-state index contributed by atoms with van der Waals surface area (Å²) in [5.74, 6) is 2.54. The van der Waals surface area contributed by atoms with Gasteiger partial charge in [-0.3, -0.25) is 4.79 Å². The molecule has 1 amide bonds. The van der Waals surface area contributed by atoms with Crippen LogP contribution in [0.2, 0.25) is 0 Å². The largest absolute Gasteiger partial charge is 0.352 e. The number of nitrogens with one attached hydrogen (secondary N) is 1. The van der Waals surface area contributed by atoms with Crippen LogP contribution in [-0.4, -0.2) is 21.5 Å². The monoisotopic (exact) mass is 325 g/mol. The number of aryl methyl sites for hydroxylation is 2. The van der Waals surface area contributed by atoms with Crippen molar-refractivity contribution in [2.24, 2.45) is 17.8 Å². The molecule has 1 aromatic heterocycles. The van der Waals surface area contributed by atoms with Gasteiger partial charge in [-0.15, -0.1) is 0 Å². The predicted octanol–water partition coefficient (Wildman–Crippen LogP) is 3.59. The van der Waals surface area contributed by atoms with E-state index in [1.807, 2.05) is 4.57 Å². The summed E-state index contributed by atoms with van der Waals surface area (Å²) in [4.78, 5) is 17.0.